The Morgan fingerprint density at radius 2 is 2.18 bits per heavy atom. The molecule has 0 radical (unpaired) electrons. The Bertz CT molecular complexity index is 628. The molecule has 0 saturated heterocycles. The van der Waals surface area contributed by atoms with E-state index in [0.717, 1.165) is 17.0 Å². The molecule has 0 bridgehead atoms. The summed E-state index contributed by atoms with van der Waals surface area (Å²) >= 11 is 0. The Morgan fingerprint density at radius 3 is 2.77 bits per heavy atom. The summed E-state index contributed by atoms with van der Waals surface area (Å²) in [6.45, 7) is 4.81. The number of aryl methyl sites for hydroxylation is 1. The van der Waals surface area contributed by atoms with Crippen LogP contribution in [0, 0.1) is 12.7 Å². The topological polar surface area (TPSA) is 73.3 Å². The summed E-state index contributed by atoms with van der Waals surface area (Å²) in [6.07, 6.45) is 0. The summed E-state index contributed by atoms with van der Waals surface area (Å²) in [5, 5.41) is 13.5. The van der Waals surface area contributed by atoms with Crippen molar-refractivity contribution in [1.82, 2.24) is 9.78 Å². The molecule has 5 nitrogen and oxygen atoms in total. The average Bonchev–Trinajstić information content (AvgIpc) is 2.84. The summed E-state index contributed by atoms with van der Waals surface area (Å²) in [5.74, 6) is -0.345. The molecule has 1 heterocycles. The molecule has 2 aromatic rings. The maximum atomic E-state index is 14.1. The lowest BCUT2D eigenvalue weighted by Gasteiger charge is -2.18. The minimum absolute atomic E-state index is 0.0109. The molecule has 22 heavy (non-hydrogen) atoms. The second kappa shape index (κ2) is 7.38. The third-order valence-corrected chi connectivity index (χ3v) is 3.50. The van der Waals surface area contributed by atoms with E-state index in [2.05, 4.69) is 5.10 Å². The SMILES string of the molecule is CCOc1ccc(C(CN)c2cc(C)nn2CCO)cc1F. The molecule has 0 spiro atoms. The van der Waals surface area contributed by atoms with E-state index in [1.165, 1.54) is 6.07 Å². The fourth-order valence-corrected chi connectivity index (χ4v) is 2.55. The van der Waals surface area contributed by atoms with Gasteiger partial charge in [-0.15, -0.1) is 0 Å². The number of aliphatic hydroxyl groups is 1. The maximum absolute atomic E-state index is 14.1. The van der Waals surface area contributed by atoms with Crippen molar-refractivity contribution >= 4 is 0 Å². The summed E-state index contributed by atoms with van der Waals surface area (Å²) in [7, 11) is 0. The van der Waals surface area contributed by atoms with Crippen molar-refractivity contribution < 1.29 is 14.2 Å². The van der Waals surface area contributed by atoms with Crippen LogP contribution in [-0.4, -0.2) is 34.6 Å². The van der Waals surface area contributed by atoms with Crippen molar-refractivity contribution in [2.45, 2.75) is 26.3 Å². The molecule has 120 valence electrons. The molecular weight excluding hydrogens is 285 g/mol. The minimum atomic E-state index is -0.400. The standard InChI is InChI=1S/C16H22FN3O2/c1-3-22-16-5-4-12(9-14(16)17)13(10-18)15-8-11(2)19-20(15)6-7-21/h4-5,8-9,13,21H,3,6-7,10,18H2,1-2H3. The van der Waals surface area contributed by atoms with Gasteiger partial charge < -0.3 is 15.6 Å². The first-order valence-electron chi connectivity index (χ1n) is 7.38. The van der Waals surface area contributed by atoms with Crippen LogP contribution in [0.3, 0.4) is 0 Å². The first kappa shape index (κ1) is 16.5. The molecule has 0 aliphatic rings. The van der Waals surface area contributed by atoms with Gasteiger partial charge in [0.25, 0.3) is 0 Å². The zero-order chi connectivity index (χ0) is 16.1. The number of rotatable bonds is 7. The molecule has 0 fully saturated rings. The lowest BCUT2D eigenvalue weighted by atomic mass is 9.95. The van der Waals surface area contributed by atoms with E-state index in [-0.39, 0.29) is 18.3 Å². The molecule has 1 atom stereocenters. The fraction of sp³-hybridized carbons (Fsp3) is 0.438. The number of aromatic nitrogens is 2. The summed E-state index contributed by atoms with van der Waals surface area (Å²) < 4.78 is 21.0. The Morgan fingerprint density at radius 1 is 1.41 bits per heavy atom. The molecule has 1 aromatic heterocycles. The number of aliphatic hydroxyl groups excluding tert-OH is 1. The van der Waals surface area contributed by atoms with E-state index in [1.54, 1.807) is 10.7 Å². The number of hydrogen-bond acceptors (Lipinski definition) is 4. The van der Waals surface area contributed by atoms with Crippen molar-refractivity contribution in [1.29, 1.82) is 0 Å². The number of ether oxygens (including phenoxy) is 1. The third-order valence-electron chi connectivity index (χ3n) is 3.50. The summed E-state index contributed by atoms with van der Waals surface area (Å²) in [6, 6.07) is 6.81. The predicted octanol–water partition coefficient (Wildman–Crippen LogP) is 1.81. The Labute approximate surface area is 129 Å². The molecule has 2 rings (SSSR count). The van der Waals surface area contributed by atoms with E-state index < -0.39 is 5.82 Å². The lowest BCUT2D eigenvalue weighted by molar-refractivity contribution is 0.266. The number of hydrogen-bond donors (Lipinski definition) is 2. The van der Waals surface area contributed by atoms with E-state index in [4.69, 9.17) is 15.6 Å². The average molecular weight is 307 g/mol. The number of nitrogens with two attached hydrogens (primary N) is 1. The van der Waals surface area contributed by atoms with Crippen molar-refractivity contribution in [3.63, 3.8) is 0 Å². The zero-order valence-corrected chi connectivity index (χ0v) is 12.9. The van der Waals surface area contributed by atoms with Crippen LogP contribution in [0.1, 0.15) is 29.8 Å². The molecule has 3 N–H and O–H groups in total. The Balaban J connectivity index is 2.38. The molecule has 0 aliphatic carbocycles. The molecular formula is C16H22FN3O2. The van der Waals surface area contributed by atoms with Gasteiger partial charge in [-0.05, 0) is 37.6 Å². The molecule has 0 aliphatic heterocycles. The smallest absolute Gasteiger partial charge is 0.165 e. The highest BCUT2D eigenvalue weighted by Gasteiger charge is 2.19. The van der Waals surface area contributed by atoms with Crippen molar-refractivity contribution in [3.8, 4) is 5.75 Å². The molecule has 0 saturated carbocycles. The highest BCUT2D eigenvalue weighted by atomic mass is 19.1. The largest absolute Gasteiger partial charge is 0.491 e. The van der Waals surface area contributed by atoms with Gasteiger partial charge in [-0.3, -0.25) is 4.68 Å². The highest BCUT2D eigenvalue weighted by molar-refractivity contribution is 5.36. The van der Waals surface area contributed by atoms with E-state index in [0.29, 0.717) is 19.7 Å². The predicted molar refractivity (Wildman–Crippen MR) is 82.5 cm³/mol. The van der Waals surface area contributed by atoms with Crippen LogP contribution in [0.25, 0.3) is 0 Å². The first-order chi connectivity index (χ1) is 10.6. The van der Waals surface area contributed by atoms with Gasteiger partial charge in [-0.1, -0.05) is 6.07 Å². The Kier molecular flexibility index (Phi) is 5.51. The quantitative estimate of drug-likeness (QED) is 0.818. The van der Waals surface area contributed by atoms with Gasteiger partial charge in [0.05, 0.1) is 25.5 Å². The normalized spacial score (nSPS) is 12.4. The molecule has 1 aromatic carbocycles. The third kappa shape index (κ3) is 3.45. The van der Waals surface area contributed by atoms with Gasteiger partial charge >= 0.3 is 0 Å². The van der Waals surface area contributed by atoms with E-state index in [9.17, 15) is 4.39 Å². The van der Waals surface area contributed by atoms with Crippen LogP contribution >= 0.6 is 0 Å². The fourth-order valence-electron chi connectivity index (χ4n) is 2.55. The summed E-state index contributed by atoms with van der Waals surface area (Å²) in [4.78, 5) is 0. The van der Waals surface area contributed by atoms with Crippen LogP contribution in [0.5, 0.6) is 5.75 Å². The van der Waals surface area contributed by atoms with Crippen LogP contribution in [0.2, 0.25) is 0 Å². The summed E-state index contributed by atoms with van der Waals surface area (Å²) in [5.41, 5.74) is 8.38. The highest BCUT2D eigenvalue weighted by Crippen LogP contribution is 2.28. The zero-order valence-electron chi connectivity index (χ0n) is 12.9. The minimum Gasteiger partial charge on any atom is -0.491 e. The van der Waals surface area contributed by atoms with Crippen molar-refractivity contribution in [2.24, 2.45) is 5.73 Å². The van der Waals surface area contributed by atoms with Crippen molar-refractivity contribution in [3.05, 3.63) is 47.0 Å². The van der Waals surface area contributed by atoms with Crippen LogP contribution < -0.4 is 10.5 Å². The molecule has 6 heteroatoms. The van der Waals surface area contributed by atoms with Gasteiger partial charge in [-0.25, -0.2) is 4.39 Å². The molecule has 0 amide bonds. The number of halogens is 1. The molecule has 1 unspecified atom stereocenters. The Hall–Kier alpha value is -1.92. The first-order valence-corrected chi connectivity index (χ1v) is 7.38. The second-order valence-electron chi connectivity index (χ2n) is 5.07. The number of benzene rings is 1. The maximum Gasteiger partial charge on any atom is 0.165 e. The van der Waals surface area contributed by atoms with Gasteiger partial charge in [0.15, 0.2) is 11.6 Å². The van der Waals surface area contributed by atoms with Crippen LogP contribution in [0.15, 0.2) is 24.3 Å². The van der Waals surface area contributed by atoms with E-state index in [1.807, 2.05) is 26.0 Å². The van der Waals surface area contributed by atoms with Gasteiger partial charge in [0, 0.05) is 18.2 Å². The van der Waals surface area contributed by atoms with Crippen LogP contribution in [-0.2, 0) is 6.54 Å². The van der Waals surface area contributed by atoms with Crippen molar-refractivity contribution in [2.75, 3.05) is 19.8 Å². The van der Waals surface area contributed by atoms with Gasteiger partial charge in [0.1, 0.15) is 0 Å². The van der Waals surface area contributed by atoms with E-state index >= 15 is 0 Å². The van der Waals surface area contributed by atoms with Gasteiger partial charge in [0.2, 0.25) is 0 Å². The number of nitrogens with zero attached hydrogens (tertiary/aromatic N) is 2. The monoisotopic (exact) mass is 307 g/mol. The van der Waals surface area contributed by atoms with Gasteiger partial charge in [-0.2, -0.15) is 5.10 Å². The second-order valence-corrected chi connectivity index (χ2v) is 5.07. The van der Waals surface area contributed by atoms with Crippen LogP contribution in [0.4, 0.5) is 4.39 Å². The lowest BCUT2D eigenvalue weighted by Crippen LogP contribution is -2.19.